The Balaban J connectivity index is 1.86. The Morgan fingerprint density at radius 3 is 2.09 bits per heavy atom. The van der Waals surface area contributed by atoms with Crippen molar-refractivity contribution in [2.24, 2.45) is 0 Å². The third kappa shape index (κ3) is 2.29. The van der Waals surface area contributed by atoms with E-state index >= 15 is 0 Å². The molecule has 0 saturated heterocycles. The number of hydrogen-bond acceptors (Lipinski definition) is 2. The van der Waals surface area contributed by atoms with Crippen LogP contribution in [0.5, 0.6) is 0 Å². The molecule has 2 nitrogen and oxygen atoms in total. The predicted molar refractivity (Wildman–Crippen MR) is 93.7 cm³/mol. The summed E-state index contributed by atoms with van der Waals surface area (Å²) in [4.78, 5) is 4.33. The molecule has 0 aliphatic carbocycles. The molecule has 0 saturated carbocycles. The number of rotatable bonds is 2. The highest BCUT2D eigenvalue weighted by Gasteiger charge is 2.04. The summed E-state index contributed by atoms with van der Waals surface area (Å²) in [5.41, 5.74) is 2.31. The number of benzene rings is 3. The molecule has 4 rings (SSSR count). The van der Waals surface area contributed by atoms with E-state index in [1.54, 1.807) is 6.20 Å². The van der Waals surface area contributed by atoms with Crippen LogP contribution in [0.25, 0.3) is 21.5 Å². The summed E-state index contributed by atoms with van der Waals surface area (Å²) in [6.07, 6.45) is 1.80. The van der Waals surface area contributed by atoms with E-state index < -0.39 is 0 Å². The second kappa shape index (κ2) is 5.15. The van der Waals surface area contributed by atoms with E-state index in [-0.39, 0.29) is 0 Å². The first-order valence-corrected chi connectivity index (χ1v) is 7.41. The Kier molecular flexibility index (Phi) is 3.01. The number of aromatic nitrogens is 1. The lowest BCUT2D eigenvalue weighted by atomic mass is 10.0. The summed E-state index contributed by atoms with van der Waals surface area (Å²) in [5, 5.41) is 8.45. The van der Waals surface area contributed by atoms with Gasteiger partial charge < -0.3 is 5.32 Å². The van der Waals surface area contributed by atoms with E-state index in [0.717, 1.165) is 11.5 Å². The van der Waals surface area contributed by atoms with Crippen molar-refractivity contribution in [1.82, 2.24) is 4.98 Å². The molecule has 0 amide bonds. The Bertz CT molecular complexity index is 959. The van der Waals surface area contributed by atoms with E-state index in [1.807, 2.05) is 18.2 Å². The van der Waals surface area contributed by atoms with Gasteiger partial charge in [-0.25, -0.2) is 4.98 Å². The van der Waals surface area contributed by atoms with Gasteiger partial charge in [0.25, 0.3) is 0 Å². The smallest absolute Gasteiger partial charge is 0.130 e. The van der Waals surface area contributed by atoms with Crippen molar-refractivity contribution in [1.29, 1.82) is 0 Å². The van der Waals surface area contributed by atoms with E-state index in [1.165, 1.54) is 27.1 Å². The highest BCUT2D eigenvalue weighted by atomic mass is 15.0. The summed E-state index contributed by atoms with van der Waals surface area (Å²) in [6.45, 7) is 2.12. The molecule has 0 aliphatic heterocycles. The van der Waals surface area contributed by atoms with E-state index in [2.05, 4.69) is 65.8 Å². The highest BCUT2D eigenvalue weighted by Crippen LogP contribution is 2.29. The molecule has 106 valence electrons. The van der Waals surface area contributed by atoms with E-state index in [0.29, 0.717) is 0 Å². The number of anilines is 2. The van der Waals surface area contributed by atoms with E-state index in [9.17, 15) is 0 Å². The first-order valence-electron chi connectivity index (χ1n) is 7.41. The fourth-order valence-electron chi connectivity index (χ4n) is 2.82. The van der Waals surface area contributed by atoms with Crippen LogP contribution in [0.1, 0.15) is 5.56 Å². The zero-order valence-electron chi connectivity index (χ0n) is 12.4. The van der Waals surface area contributed by atoms with Gasteiger partial charge in [0.1, 0.15) is 5.82 Å². The lowest BCUT2D eigenvalue weighted by molar-refractivity contribution is 1.30. The van der Waals surface area contributed by atoms with Gasteiger partial charge in [-0.2, -0.15) is 0 Å². The molecule has 0 unspecified atom stereocenters. The van der Waals surface area contributed by atoms with Crippen molar-refractivity contribution in [3.63, 3.8) is 0 Å². The van der Waals surface area contributed by atoms with Crippen molar-refractivity contribution < 1.29 is 0 Å². The molecule has 3 aromatic carbocycles. The molecule has 1 N–H and O–H groups in total. The molecular formula is C20H16N2. The van der Waals surface area contributed by atoms with Gasteiger partial charge in [-0.05, 0) is 70.4 Å². The average molecular weight is 284 g/mol. The van der Waals surface area contributed by atoms with Gasteiger partial charge in [0.15, 0.2) is 0 Å². The number of nitrogens with one attached hydrogen (secondary N) is 1. The summed E-state index contributed by atoms with van der Waals surface area (Å²) in [7, 11) is 0. The minimum absolute atomic E-state index is 0.866. The number of aryl methyl sites for hydroxylation is 1. The van der Waals surface area contributed by atoms with Crippen LogP contribution >= 0.6 is 0 Å². The topological polar surface area (TPSA) is 24.9 Å². The zero-order chi connectivity index (χ0) is 14.9. The fraction of sp³-hybridized carbons (Fsp3) is 0.0500. The molecule has 0 atom stereocenters. The quantitative estimate of drug-likeness (QED) is 0.496. The molecule has 0 radical (unpaired) electrons. The predicted octanol–water partition coefficient (Wildman–Crippen LogP) is 5.44. The van der Waals surface area contributed by atoms with Crippen LogP contribution in [0.2, 0.25) is 0 Å². The molecule has 0 fully saturated rings. The van der Waals surface area contributed by atoms with Crippen LogP contribution in [-0.4, -0.2) is 4.98 Å². The van der Waals surface area contributed by atoms with Gasteiger partial charge >= 0.3 is 0 Å². The molecule has 1 aromatic heterocycles. The monoisotopic (exact) mass is 284 g/mol. The minimum Gasteiger partial charge on any atom is -0.340 e. The lowest BCUT2D eigenvalue weighted by Crippen LogP contribution is -1.95. The normalized spacial score (nSPS) is 11.0. The van der Waals surface area contributed by atoms with Crippen LogP contribution in [0.15, 0.2) is 72.9 Å². The number of pyridine rings is 1. The minimum atomic E-state index is 0.866. The molecule has 0 bridgehead atoms. The van der Waals surface area contributed by atoms with Gasteiger partial charge in [-0.15, -0.1) is 0 Å². The van der Waals surface area contributed by atoms with Crippen molar-refractivity contribution in [2.75, 3.05) is 5.32 Å². The Morgan fingerprint density at radius 1 is 0.727 bits per heavy atom. The summed E-state index contributed by atoms with van der Waals surface area (Å²) < 4.78 is 0. The molecule has 22 heavy (non-hydrogen) atoms. The third-order valence-corrected chi connectivity index (χ3v) is 3.98. The van der Waals surface area contributed by atoms with Crippen LogP contribution < -0.4 is 5.32 Å². The van der Waals surface area contributed by atoms with Crippen LogP contribution in [-0.2, 0) is 0 Å². The molecule has 4 aromatic rings. The van der Waals surface area contributed by atoms with Gasteiger partial charge in [-0.3, -0.25) is 0 Å². The maximum Gasteiger partial charge on any atom is 0.130 e. The molecular weight excluding hydrogens is 268 g/mol. The lowest BCUT2D eigenvalue weighted by Gasteiger charge is -2.11. The number of hydrogen-bond donors (Lipinski definition) is 1. The van der Waals surface area contributed by atoms with Crippen molar-refractivity contribution >= 4 is 33.1 Å². The Hall–Kier alpha value is -2.87. The Labute approximate surface area is 129 Å². The highest BCUT2D eigenvalue weighted by molar-refractivity contribution is 6.00. The zero-order valence-corrected chi connectivity index (χ0v) is 12.4. The van der Waals surface area contributed by atoms with E-state index in [4.69, 9.17) is 0 Å². The molecule has 1 heterocycles. The summed E-state index contributed by atoms with van der Waals surface area (Å²) >= 11 is 0. The molecule has 0 aliphatic rings. The SMILES string of the molecule is Cc1cc2cc3ccccc3cc2cc1Nc1ccccn1. The summed E-state index contributed by atoms with van der Waals surface area (Å²) in [6, 6.07) is 23.3. The maximum absolute atomic E-state index is 4.33. The largest absolute Gasteiger partial charge is 0.340 e. The first kappa shape index (κ1) is 12.8. The summed E-state index contributed by atoms with van der Waals surface area (Å²) in [5.74, 6) is 0.866. The van der Waals surface area contributed by atoms with Crippen LogP contribution in [0.3, 0.4) is 0 Å². The standard InChI is InChI=1S/C20H16N2/c1-14-10-17-11-15-6-2-3-7-16(15)12-18(17)13-19(14)22-20-8-4-5-9-21-20/h2-13H,1H3,(H,21,22). The van der Waals surface area contributed by atoms with Crippen LogP contribution in [0, 0.1) is 6.92 Å². The van der Waals surface area contributed by atoms with Gasteiger partial charge in [0.2, 0.25) is 0 Å². The van der Waals surface area contributed by atoms with Crippen LogP contribution in [0.4, 0.5) is 11.5 Å². The van der Waals surface area contributed by atoms with Gasteiger partial charge in [0.05, 0.1) is 0 Å². The van der Waals surface area contributed by atoms with Crippen molar-refractivity contribution in [3.05, 3.63) is 78.5 Å². The maximum atomic E-state index is 4.33. The second-order valence-electron chi connectivity index (χ2n) is 5.55. The number of fused-ring (bicyclic) bond motifs is 2. The van der Waals surface area contributed by atoms with Gasteiger partial charge in [0, 0.05) is 11.9 Å². The fourth-order valence-corrected chi connectivity index (χ4v) is 2.82. The van der Waals surface area contributed by atoms with Gasteiger partial charge in [-0.1, -0.05) is 30.3 Å². The molecule has 2 heteroatoms. The van der Waals surface area contributed by atoms with Crippen molar-refractivity contribution in [2.45, 2.75) is 6.92 Å². The number of nitrogens with zero attached hydrogens (tertiary/aromatic N) is 1. The Morgan fingerprint density at radius 2 is 1.41 bits per heavy atom. The first-order chi connectivity index (χ1) is 10.8. The second-order valence-corrected chi connectivity index (χ2v) is 5.55. The third-order valence-electron chi connectivity index (χ3n) is 3.98. The molecule has 0 spiro atoms. The average Bonchev–Trinajstić information content (AvgIpc) is 2.55. The van der Waals surface area contributed by atoms with Crippen molar-refractivity contribution in [3.8, 4) is 0 Å².